The van der Waals surface area contributed by atoms with E-state index in [1.54, 1.807) is 13.8 Å². The maximum atomic E-state index is 13.7. The number of hydrogen-bond donors (Lipinski definition) is 3. The van der Waals surface area contributed by atoms with Crippen LogP contribution in [0.5, 0.6) is 0 Å². The van der Waals surface area contributed by atoms with Gasteiger partial charge < -0.3 is 15.7 Å². The van der Waals surface area contributed by atoms with E-state index in [2.05, 4.69) is 10.6 Å². The van der Waals surface area contributed by atoms with E-state index in [4.69, 9.17) is 0 Å². The lowest BCUT2D eigenvalue weighted by Gasteiger charge is -2.31. The molecule has 7 nitrogen and oxygen atoms in total. The molecule has 0 unspecified atom stereocenters. The van der Waals surface area contributed by atoms with Crippen molar-refractivity contribution >= 4 is 17.6 Å². The summed E-state index contributed by atoms with van der Waals surface area (Å²) in [6.45, 7) is 4.08. The Labute approximate surface area is 196 Å². The molecule has 0 bridgehead atoms. The first-order chi connectivity index (χ1) is 15.9. The van der Waals surface area contributed by atoms with Gasteiger partial charge in [-0.3, -0.25) is 14.4 Å². The second-order valence-electron chi connectivity index (χ2n) is 9.17. The van der Waals surface area contributed by atoms with E-state index >= 15 is 0 Å². The minimum Gasteiger partial charge on any atom is -0.376 e. The third-order valence-corrected chi connectivity index (χ3v) is 5.93. The predicted molar refractivity (Wildman–Crippen MR) is 117 cm³/mol. The molecule has 0 aromatic heterocycles. The Kier molecular flexibility index (Phi) is 9.21. The van der Waals surface area contributed by atoms with E-state index in [9.17, 15) is 37.9 Å². The lowest BCUT2D eigenvalue weighted by atomic mass is 9.84. The second kappa shape index (κ2) is 11.5. The summed E-state index contributed by atoms with van der Waals surface area (Å²) in [4.78, 5) is 37.3. The van der Waals surface area contributed by atoms with Gasteiger partial charge in [0.1, 0.15) is 11.8 Å². The Morgan fingerprint density at radius 2 is 1.91 bits per heavy atom. The quantitative estimate of drug-likeness (QED) is 0.449. The van der Waals surface area contributed by atoms with Gasteiger partial charge in [0, 0.05) is 31.2 Å². The molecule has 1 aliphatic heterocycles. The van der Waals surface area contributed by atoms with Gasteiger partial charge in [0.2, 0.25) is 11.8 Å². The molecule has 0 radical (unpaired) electrons. The summed E-state index contributed by atoms with van der Waals surface area (Å²) < 4.78 is 41.2. The first-order valence-electron chi connectivity index (χ1n) is 11.2. The lowest BCUT2D eigenvalue weighted by Crippen LogP contribution is -2.45. The average Bonchev–Trinajstić information content (AvgIpc) is 3.16. The molecule has 34 heavy (non-hydrogen) atoms. The van der Waals surface area contributed by atoms with E-state index in [-0.39, 0.29) is 24.7 Å². The number of rotatable bonds is 11. The molecule has 0 saturated carbocycles. The highest BCUT2D eigenvalue weighted by atomic mass is 19.4. The monoisotopic (exact) mass is 481 g/mol. The number of halogens is 3. The van der Waals surface area contributed by atoms with Crippen LogP contribution in [0, 0.1) is 29.1 Å². The Morgan fingerprint density at radius 3 is 2.41 bits per heavy atom. The Bertz CT molecular complexity index is 914. The molecule has 1 aromatic carbocycles. The van der Waals surface area contributed by atoms with Gasteiger partial charge >= 0.3 is 6.18 Å². The van der Waals surface area contributed by atoms with Crippen molar-refractivity contribution in [3.05, 3.63) is 35.9 Å². The largest absolute Gasteiger partial charge is 0.421 e. The van der Waals surface area contributed by atoms with Gasteiger partial charge in [-0.25, -0.2) is 0 Å². The van der Waals surface area contributed by atoms with E-state index in [0.29, 0.717) is 13.0 Å². The van der Waals surface area contributed by atoms with Gasteiger partial charge in [0.05, 0.1) is 6.07 Å². The highest BCUT2D eigenvalue weighted by Crippen LogP contribution is 2.42. The molecule has 2 rings (SSSR count). The van der Waals surface area contributed by atoms with Crippen LogP contribution >= 0.6 is 0 Å². The van der Waals surface area contributed by atoms with Gasteiger partial charge in [0.15, 0.2) is 5.60 Å². The molecule has 10 heteroatoms. The zero-order valence-corrected chi connectivity index (χ0v) is 19.2. The second-order valence-corrected chi connectivity index (χ2v) is 9.17. The maximum Gasteiger partial charge on any atom is 0.421 e. The maximum absolute atomic E-state index is 13.7. The van der Waals surface area contributed by atoms with E-state index in [1.165, 1.54) is 18.2 Å². The summed E-state index contributed by atoms with van der Waals surface area (Å²) >= 11 is 0. The summed E-state index contributed by atoms with van der Waals surface area (Å²) in [5.41, 5.74) is -3.84. The smallest absolute Gasteiger partial charge is 0.376 e. The number of Topliss-reactive ketones (excluding diaryl/α,β-unsaturated/α-hetero) is 1. The SMILES string of the molecule is CC(C)C[C@H](CC(=O)C[C@](O)(c1ccccc1)C(F)(F)F)C(=O)N[C@H](C#N)C[C@@H]1CCNC1=O. The molecule has 4 atom stereocenters. The van der Waals surface area contributed by atoms with Crippen LogP contribution in [-0.2, 0) is 20.0 Å². The number of nitriles is 1. The lowest BCUT2D eigenvalue weighted by molar-refractivity contribution is -0.267. The van der Waals surface area contributed by atoms with Crippen molar-refractivity contribution in [3.63, 3.8) is 0 Å². The number of nitrogens with one attached hydrogen (secondary N) is 2. The highest BCUT2D eigenvalue weighted by molar-refractivity contribution is 5.88. The fourth-order valence-electron chi connectivity index (χ4n) is 4.15. The summed E-state index contributed by atoms with van der Waals surface area (Å²) in [6.07, 6.45) is -6.00. The first kappa shape index (κ1) is 27.3. The molecular weight excluding hydrogens is 451 g/mol. The standard InChI is InChI=1S/C24H30F3N3O4/c1-15(2)10-17(22(33)30-19(14-28)11-16-8-9-29-21(16)32)12-20(31)13-23(34,24(25,26)27)18-6-4-3-5-7-18/h3-7,15-17,19,34H,8-13H2,1-2H3,(H,29,32)(H,30,33)/t16-,17+,19-,23-/m0/s1. The third kappa shape index (κ3) is 7.03. The highest BCUT2D eigenvalue weighted by Gasteiger charge is 2.56. The minimum absolute atomic E-state index is 0.0553. The van der Waals surface area contributed by atoms with Gasteiger partial charge in [-0.15, -0.1) is 0 Å². The Hall–Kier alpha value is -2.93. The van der Waals surface area contributed by atoms with Crippen molar-refractivity contribution in [1.82, 2.24) is 10.6 Å². The van der Waals surface area contributed by atoms with Crippen LogP contribution in [0.3, 0.4) is 0 Å². The normalized spacial score (nSPS) is 19.6. The summed E-state index contributed by atoms with van der Waals surface area (Å²) in [6, 6.07) is 7.31. The van der Waals surface area contributed by atoms with Crippen molar-refractivity contribution in [1.29, 1.82) is 5.26 Å². The van der Waals surface area contributed by atoms with Crippen molar-refractivity contribution < 1.29 is 32.7 Å². The molecule has 1 aliphatic rings. The molecule has 1 aromatic rings. The zero-order chi connectivity index (χ0) is 25.5. The van der Waals surface area contributed by atoms with Crippen molar-refractivity contribution in [3.8, 4) is 6.07 Å². The fourth-order valence-corrected chi connectivity index (χ4v) is 4.15. The van der Waals surface area contributed by atoms with E-state index in [0.717, 1.165) is 12.1 Å². The number of carbonyl (C=O) groups excluding carboxylic acids is 3. The summed E-state index contributed by atoms with van der Waals surface area (Å²) in [7, 11) is 0. The number of ketones is 1. The average molecular weight is 482 g/mol. The molecule has 0 aliphatic carbocycles. The first-order valence-corrected chi connectivity index (χ1v) is 11.2. The van der Waals surface area contributed by atoms with Crippen LogP contribution in [0.2, 0.25) is 0 Å². The molecular formula is C24H30F3N3O4. The molecule has 0 spiro atoms. The Balaban J connectivity index is 2.13. The molecule has 2 amide bonds. The van der Waals surface area contributed by atoms with Gasteiger partial charge in [-0.1, -0.05) is 44.2 Å². The Morgan fingerprint density at radius 1 is 1.26 bits per heavy atom. The van der Waals surface area contributed by atoms with Crippen LogP contribution in [0.1, 0.15) is 51.5 Å². The number of benzene rings is 1. The van der Waals surface area contributed by atoms with Gasteiger partial charge in [-0.05, 0) is 30.7 Å². The van der Waals surface area contributed by atoms with Gasteiger partial charge in [-0.2, -0.15) is 18.4 Å². The van der Waals surface area contributed by atoms with Crippen LogP contribution in [0.15, 0.2) is 30.3 Å². The van der Waals surface area contributed by atoms with E-state index in [1.807, 2.05) is 6.07 Å². The number of alkyl halides is 3. The van der Waals surface area contributed by atoms with Crippen LogP contribution in [-0.4, -0.2) is 41.5 Å². The minimum atomic E-state index is -5.10. The van der Waals surface area contributed by atoms with Crippen LogP contribution in [0.25, 0.3) is 0 Å². The number of nitrogens with zero attached hydrogens (tertiary/aromatic N) is 1. The topological polar surface area (TPSA) is 119 Å². The molecule has 1 fully saturated rings. The number of hydrogen-bond acceptors (Lipinski definition) is 5. The van der Waals surface area contributed by atoms with Gasteiger partial charge in [0.25, 0.3) is 0 Å². The fraction of sp³-hybridized carbons (Fsp3) is 0.583. The van der Waals surface area contributed by atoms with Crippen molar-refractivity contribution in [2.45, 2.75) is 63.8 Å². The predicted octanol–water partition coefficient (Wildman–Crippen LogP) is 2.98. The van der Waals surface area contributed by atoms with Crippen LogP contribution < -0.4 is 10.6 Å². The molecule has 1 saturated heterocycles. The molecule has 3 N–H and O–H groups in total. The summed E-state index contributed by atoms with van der Waals surface area (Å²) in [5, 5.41) is 25.1. The third-order valence-electron chi connectivity index (χ3n) is 5.93. The molecule has 186 valence electrons. The summed E-state index contributed by atoms with van der Waals surface area (Å²) in [5.74, 6) is -3.21. The number of carbonyl (C=O) groups is 3. The number of aliphatic hydroxyl groups is 1. The number of amides is 2. The van der Waals surface area contributed by atoms with E-state index < -0.39 is 59.8 Å². The van der Waals surface area contributed by atoms with Crippen molar-refractivity contribution in [2.75, 3.05) is 6.54 Å². The van der Waals surface area contributed by atoms with Crippen molar-refractivity contribution in [2.24, 2.45) is 17.8 Å². The molecule has 1 heterocycles. The van der Waals surface area contributed by atoms with Crippen LogP contribution in [0.4, 0.5) is 13.2 Å². The zero-order valence-electron chi connectivity index (χ0n) is 19.2.